The molecule has 0 spiro atoms. The van der Waals surface area contributed by atoms with Gasteiger partial charge in [0.15, 0.2) is 0 Å². The first kappa shape index (κ1) is 12.9. The quantitative estimate of drug-likeness (QED) is 0.712. The summed E-state index contributed by atoms with van der Waals surface area (Å²) in [4.78, 5) is 13.5. The summed E-state index contributed by atoms with van der Waals surface area (Å²) in [5.41, 5.74) is 4.74. The summed E-state index contributed by atoms with van der Waals surface area (Å²) in [6, 6.07) is 0. The Bertz CT molecular complexity index is 252. The third-order valence-electron chi connectivity index (χ3n) is 2.63. The van der Waals surface area contributed by atoms with Crippen LogP contribution in [0.15, 0.2) is 5.11 Å². The summed E-state index contributed by atoms with van der Waals surface area (Å²) in [5.74, 6) is 0.517. The molecule has 1 rings (SSSR count). The van der Waals surface area contributed by atoms with E-state index < -0.39 is 5.60 Å². The van der Waals surface area contributed by atoms with Crippen molar-refractivity contribution in [2.45, 2.75) is 39.2 Å². The Kier molecular flexibility index (Phi) is 4.26. The van der Waals surface area contributed by atoms with Crippen molar-refractivity contribution in [1.29, 1.82) is 0 Å². The van der Waals surface area contributed by atoms with E-state index in [1.165, 1.54) is 0 Å². The number of amides is 1. The van der Waals surface area contributed by atoms with Gasteiger partial charge in [-0.3, -0.25) is 0 Å². The lowest BCUT2D eigenvalue weighted by atomic mass is 9.97. The second-order valence-corrected chi connectivity index (χ2v) is 5.28. The third kappa shape index (κ3) is 4.16. The molecule has 0 atom stereocenters. The second kappa shape index (κ2) is 5.27. The van der Waals surface area contributed by atoms with E-state index in [1.54, 1.807) is 4.90 Å². The number of carbonyl (C=O) groups excluding carboxylic acids is 1. The highest BCUT2D eigenvalue weighted by Gasteiger charge is 2.26. The smallest absolute Gasteiger partial charge is 0.410 e. The highest BCUT2D eigenvalue weighted by molar-refractivity contribution is 5.68. The van der Waals surface area contributed by atoms with Crippen molar-refractivity contribution in [3.63, 3.8) is 0 Å². The zero-order chi connectivity index (χ0) is 12.2. The van der Waals surface area contributed by atoms with Crippen LogP contribution < -0.4 is 5.53 Å². The van der Waals surface area contributed by atoms with Gasteiger partial charge in [-0.2, -0.15) is 5.53 Å². The molecule has 5 nitrogen and oxygen atoms in total. The molecule has 1 fully saturated rings. The predicted octanol–water partition coefficient (Wildman–Crippen LogP) is 0.845. The van der Waals surface area contributed by atoms with Crippen molar-refractivity contribution in [3.8, 4) is 0 Å². The molecule has 5 heteroatoms. The van der Waals surface area contributed by atoms with E-state index in [-0.39, 0.29) is 6.09 Å². The molecule has 0 aromatic rings. The van der Waals surface area contributed by atoms with Crippen molar-refractivity contribution in [1.82, 2.24) is 4.90 Å². The Morgan fingerprint density at radius 2 is 2.00 bits per heavy atom. The van der Waals surface area contributed by atoms with Crippen LogP contribution in [0.25, 0.3) is 0 Å². The molecule has 1 heterocycles. The van der Waals surface area contributed by atoms with Gasteiger partial charge < -0.3 is 9.64 Å². The first-order valence-electron chi connectivity index (χ1n) is 5.77. The maximum absolute atomic E-state index is 11.7. The molecule has 0 aromatic carbocycles. The van der Waals surface area contributed by atoms with Crippen molar-refractivity contribution in [2.75, 3.05) is 19.6 Å². The lowest BCUT2D eigenvalue weighted by molar-refractivity contribution is -0.223. The van der Waals surface area contributed by atoms with E-state index in [2.05, 4.69) is 5.11 Å². The second-order valence-electron chi connectivity index (χ2n) is 5.28. The van der Waals surface area contributed by atoms with Crippen molar-refractivity contribution in [3.05, 3.63) is 0 Å². The number of rotatable bonds is 2. The predicted molar refractivity (Wildman–Crippen MR) is 59.8 cm³/mol. The molecule has 0 radical (unpaired) electrons. The number of piperidine rings is 1. The number of carbonyl (C=O) groups is 1. The first-order valence-corrected chi connectivity index (χ1v) is 5.77. The number of nitrogens with zero attached hydrogens (tertiary/aromatic N) is 2. The molecule has 2 N–H and O–H groups in total. The van der Waals surface area contributed by atoms with Crippen molar-refractivity contribution >= 4 is 6.09 Å². The average molecular weight is 228 g/mol. The van der Waals surface area contributed by atoms with E-state index in [0.29, 0.717) is 12.5 Å². The van der Waals surface area contributed by atoms with Crippen LogP contribution in [-0.2, 0) is 4.74 Å². The van der Waals surface area contributed by atoms with Crippen LogP contribution in [0.5, 0.6) is 0 Å². The average Bonchev–Trinajstić information content (AvgIpc) is 2.16. The fraction of sp³-hybridized carbons (Fsp3) is 0.909. The lowest BCUT2D eigenvalue weighted by Gasteiger charge is -2.32. The van der Waals surface area contributed by atoms with Gasteiger partial charge in [-0.15, -0.1) is 0 Å². The highest BCUT2D eigenvalue weighted by Crippen LogP contribution is 2.19. The van der Waals surface area contributed by atoms with Crippen LogP contribution in [0, 0.1) is 5.92 Å². The van der Waals surface area contributed by atoms with Gasteiger partial charge in [-0.25, -0.2) is 4.79 Å². The Balaban J connectivity index is 2.36. The van der Waals surface area contributed by atoms with E-state index in [9.17, 15) is 4.79 Å². The molecule has 92 valence electrons. The summed E-state index contributed by atoms with van der Waals surface area (Å²) < 4.78 is 5.31. The van der Waals surface area contributed by atoms with Crippen LogP contribution in [0.1, 0.15) is 33.6 Å². The van der Waals surface area contributed by atoms with Crippen LogP contribution in [-0.4, -0.2) is 36.2 Å². The molecule has 0 bridgehead atoms. The standard InChI is InChI=1S/C11H21N3O2/c1-11(2,3)16-10(15)14-6-4-9(5-7-14)8-13-12/h9,12H,4-8H2,1-3H3/p+1. The maximum Gasteiger partial charge on any atom is 0.410 e. The lowest BCUT2D eigenvalue weighted by Crippen LogP contribution is -2.42. The number of ether oxygens (including phenoxy) is 1. The van der Waals surface area contributed by atoms with E-state index in [1.807, 2.05) is 20.8 Å². The van der Waals surface area contributed by atoms with Crippen molar-refractivity contribution in [2.24, 2.45) is 11.0 Å². The molecule has 1 amide bonds. The van der Waals surface area contributed by atoms with Crippen LogP contribution in [0.4, 0.5) is 4.79 Å². The zero-order valence-electron chi connectivity index (χ0n) is 10.4. The van der Waals surface area contributed by atoms with Gasteiger partial charge in [0.25, 0.3) is 0 Å². The summed E-state index contributed by atoms with van der Waals surface area (Å²) in [6.07, 6.45) is 1.70. The van der Waals surface area contributed by atoms with Crippen LogP contribution >= 0.6 is 0 Å². The van der Waals surface area contributed by atoms with Crippen LogP contribution in [0.2, 0.25) is 0 Å². The molecule has 0 aliphatic carbocycles. The number of hydrogen-bond donors (Lipinski definition) is 1. The van der Waals surface area contributed by atoms with Gasteiger partial charge in [0.2, 0.25) is 0 Å². The maximum atomic E-state index is 11.7. The molecule has 1 aliphatic heterocycles. The molecule has 1 aliphatic rings. The summed E-state index contributed by atoms with van der Waals surface area (Å²) in [7, 11) is 0. The summed E-state index contributed by atoms with van der Waals surface area (Å²) >= 11 is 0. The molecule has 16 heavy (non-hydrogen) atoms. The fourth-order valence-corrected chi connectivity index (χ4v) is 1.77. The minimum absolute atomic E-state index is 0.212. The number of hydrogen-bond acceptors (Lipinski definition) is 3. The highest BCUT2D eigenvalue weighted by atomic mass is 16.6. The zero-order valence-corrected chi connectivity index (χ0v) is 10.4. The largest absolute Gasteiger partial charge is 0.444 e. The van der Waals surface area contributed by atoms with Gasteiger partial charge in [-0.05, 0) is 44.6 Å². The molecular weight excluding hydrogens is 206 g/mol. The van der Waals surface area contributed by atoms with Crippen LogP contribution in [0.3, 0.4) is 0 Å². The van der Waals surface area contributed by atoms with Gasteiger partial charge >= 0.3 is 6.09 Å². The van der Waals surface area contributed by atoms with E-state index >= 15 is 0 Å². The molecular formula is C11H22N3O2+. The Hall–Kier alpha value is -1.13. The molecule has 1 saturated heterocycles. The SMILES string of the molecule is CC(C)(C)OC(=O)N1CCC(CN=[NH2+])CC1. The number of likely N-dealkylation sites (tertiary alicyclic amines) is 1. The van der Waals surface area contributed by atoms with Gasteiger partial charge in [-0.1, -0.05) is 0 Å². The molecule has 0 unspecified atom stereocenters. The monoisotopic (exact) mass is 228 g/mol. The summed E-state index contributed by atoms with van der Waals surface area (Å²) in [6.45, 7) is 7.83. The van der Waals surface area contributed by atoms with Gasteiger partial charge in [0, 0.05) is 13.1 Å². The summed E-state index contributed by atoms with van der Waals surface area (Å²) in [5, 5.41) is 3.65. The first-order chi connectivity index (χ1) is 7.42. The van der Waals surface area contributed by atoms with E-state index in [4.69, 9.17) is 10.3 Å². The number of nitrogens with two attached hydrogens (primary N) is 1. The van der Waals surface area contributed by atoms with Gasteiger partial charge in [0.05, 0.1) is 0 Å². The Morgan fingerprint density at radius 1 is 1.44 bits per heavy atom. The minimum atomic E-state index is -0.416. The normalized spacial score (nSPS) is 18.3. The third-order valence-corrected chi connectivity index (χ3v) is 2.63. The minimum Gasteiger partial charge on any atom is -0.444 e. The fourth-order valence-electron chi connectivity index (χ4n) is 1.77. The van der Waals surface area contributed by atoms with Gasteiger partial charge in [0.1, 0.15) is 12.1 Å². The Morgan fingerprint density at radius 3 is 2.44 bits per heavy atom. The topological polar surface area (TPSA) is 67.5 Å². The van der Waals surface area contributed by atoms with Crippen molar-refractivity contribution < 1.29 is 15.1 Å². The Labute approximate surface area is 96.7 Å². The molecule has 0 saturated carbocycles. The van der Waals surface area contributed by atoms with E-state index in [0.717, 1.165) is 25.9 Å². The molecule has 0 aromatic heterocycles.